The minimum atomic E-state index is -2.11. The normalized spacial score (nSPS) is 13.2. The fraction of sp³-hybridized carbons (Fsp3) is 0.769. The van der Waals surface area contributed by atoms with E-state index in [9.17, 15) is 9.36 Å². The zero-order valence-corrected chi connectivity index (χ0v) is 16.4. The Hall–Kier alpha value is -0.126. The largest absolute Gasteiger partial charge is 0.462 e. The summed E-state index contributed by atoms with van der Waals surface area (Å²) < 4.78 is 18.5. The Labute approximate surface area is 119 Å². The lowest BCUT2D eigenvalue weighted by molar-refractivity contribution is -0.138. The van der Waals surface area contributed by atoms with Crippen molar-refractivity contribution in [3.05, 3.63) is 12.2 Å². The van der Waals surface area contributed by atoms with Crippen LogP contribution in [0.25, 0.3) is 0 Å². The van der Waals surface area contributed by atoms with Gasteiger partial charge >= 0.3 is 5.97 Å². The number of hydrogen-bond acceptors (Lipinski definition) is 3. The van der Waals surface area contributed by atoms with Crippen LogP contribution in [-0.2, 0) is 14.1 Å². The third-order valence-corrected chi connectivity index (χ3v) is 35.1. The first-order valence-corrected chi connectivity index (χ1v) is 17.3. The minimum absolute atomic E-state index is 0.351. The maximum Gasteiger partial charge on any atom is 0.333 e. The molecule has 0 heterocycles. The second-order valence-electron chi connectivity index (χ2n) is 7.07. The average Bonchev–Trinajstić information content (AvgIpc) is 2.20. The molecule has 0 aliphatic carbocycles. The van der Waals surface area contributed by atoms with E-state index in [4.69, 9.17) is 4.74 Å². The highest BCUT2D eigenvalue weighted by Crippen LogP contribution is 2.62. The van der Waals surface area contributed by atoms with Gasteiger partial charge in [0, 0.05) is 5.57 Å². The Morgan fingerprint density at radius 1 is 1.11 bits per heavy atom. The third-order valence-electron chi connectivity index (χ3n) is 3.37. The van der Waals surface area contributed by atoms with Crippen LogP contribution in [0.2, 0.25) is 39.3 Å². The predicted molar refractivity (Wildman–Crippen MR) is 89.6 cm³/mol. The molecule has 0 saturated heterocycles. The maximum atomic E-state index is 13.4. The zero-order valence-electron chi connectivity index (χ0n) is 13.5. The van der Waals surface area contributed by atoms with Gasteiger partial charge in [-0.15, -0.1) is 0 Å². The van der Waals surface area contributed by atoms with Gasteiger partial charge in [0.05, 0.1) is 12.8 Å². The molecular formula is C13H29O3PSi2. The summed E-state index contributed by atoms with van der Waals surface area (Å²) in [6.07, 6.45) is -0.683. The average molecular weight is 321 g/mol. The van der Waals surface area contributed by atoms with Crippen molar-refractivity contribution < 1.29 is 14.1 Å². The van der Waals surface area contributed by atoms with Gasteiger partial charge in [0.25, 0.3) is 0 Å². The van der Waals surface area contributed by atoms with Crippen molar-refractivity contribution in [2.24, 2.45) is 0 Å². The second kappa shape index (κ2) is 6.55. The summed E-state index contributed by atoms with van der Waals surface area (Å²) in [7, 11) is -3.37. The van der Waals surface area contributed by atoms with Crippen molar-refractivity contribution in [1.82, 2.24) is 0 Å². The van der Waals surface area contributed by atoms with Gasteiger partial charge in [-0.05, 0) is 19.5 Å². The molecule has 0 aliphatic heterocycles. The van der Waals surface area contributed by atoms with E-state index in [-0.39, 0.29) is 5.97 Å². The second-order valence-corrected chi connectivity index (χ2v) is 31.4. The molecule has 0 bridgehead atoms. The van der Waals surface area contributed by atoms with Crippen molar-refractivity contribution in [1.29, 1.82) is 0 Å². The number of ether oxygens (including phenoxy) is 1. The van der Waals surface area contributed by atoms with Crippen molar-refractivity contribution in [3.63, 3.8) is 0 Å². The number of carbonyl (C=O) groups excluding carboxylic acids is 1. The van der Waals surface area contributed by atoms with Crippen LogP contribution < -0.4 is 0 Å². The van der Waals surface area contributed by atoms with Crippen molar-refractivity contribution in [2.75, 3.05) is 12.8 Å². The molecule has 0 aromatic heterocycles. The van der Waals surface area contributed by atoms with E-state index in [1.807, 2.05) is 0 Å². The first-order chi connectivity index (χ1) is 8.33. The Morgan fingerprint density at radius 3 is 1.84 bits per heavy atom. The lowest BCUT2D eigenvalue weighted by Gasteiger charge is -2.39. The SMILES string of the molecule is C=C(C)C(=O)OCCCP(=O)([Si](C)(C)C)[Si](C)(C)C. The molecule has 0 aromatic rings. The van der Waals surface area contributed by atoms with Crippen molar-refractivity contribution in [2.45, 2.75) is 52.6 Å². The smallest absolute Gasteiger partial charge is 0.333 e. The first-order valence-electron chi connectivity index (χ1n) is 6.75. The fourth-order valence-electron chi connectivity index (χ4n) is 2.25. The van der Waals surface area contributed by atoms with Crippen LogP contribution in [-0.4, -0.2) is 34.2 Å². The highest BCUT2D eigenvalue weighted by molar-refractivity contribution is 8.22. The molecule has 0 aromatic carbocycles. The molecule has 0 fully saturated rings. The quantitative estimate of drug-likeness (QED) is 0.228. The number of esters is 1. The summed E-state index contributed by atoms with van der Waals surface area (Å²) in [6.45, 7) is 18.7. The molecule has 0 radical (unpaired) electrons. The van der Waals surface area contributed by atoms with Crippen LogP contribution in [0.3, 0.4) is 0 Å². The summed E-state index contributed by atoms with van der Waals surface area (Å²) in [5.74, 6) is -0.351. The first kappa shape index (κ1) is 18.9. The molecule has 112 valence electrons. The molecule has 0 spiro atoms. The zero-order chi connectivity index (χ0) is 15.5. The van der Waals surface area contributed by atoms with Crippen LogP contribution in [0.1, 0.15) is 13.3 Å². The summed E-state index contributed by atoms with van der Waals surface area (Å²) in [4.78, 5) is 11.3. The van der Waals surface area contributed by atoms with Crippen LogP contribution in [0, 0.1) is 0 Å². The van der Waals surface area contributed by atoms with Gasteiger partial charge in [-0.25, -0.2) is 4.79 Å². The molecule has 0 aliphatic rings. The van der Waals surface area contributed by atoms with Crippen LogP contribution >= 0.6 is 6.24 Å². The standard InChI is InChI=1S/C13H29O3PSi2/c1-12(2)13(14)16-10-9-11-17(15,18(3,4)5)19(6,7)8/h1,9-11H2,2-8H3. The van der Waals surface area contributed by atoms with E-state index in [2.05, 4.69) is 45.9 Å². The molecule has 0 rings (SSSR count). The lowest BCUT2D eigenvalue weighted by Crippen LogP contribution is -2.37. The van der Waals surface area contributed by atoms with E-state index < -0.39 is 21.7 Å². The Kier molecular flexibility index (Phi) is 6.51. The van der Waals surface area contributed by atoms with Gasteiger partial charge in [0.15, 0.2) is 0 Å². The molecule has 6 heteroatoms. The Morgan fingerprint density at radius 2 is 1.53 bits per heavy atom. The molecule has 0 N–H and O–H groups in total. The van der Waals surface area contributed by atoms with Crippen molar-refractivity contribution in [3.8, 4) is 0 Å². The van der Waals surface area contributed by atoms with Gasteiger partial charge in [0.1, 0.15) is 15.5 Å². The molecular weight excluding hydrogens is 291 g/mol. The topological polar surface area (TPSA) is 43.4 Å². The van der Waals surface area contributed by atoms with E-state index in [0.29, 0.717) is 18.6 Å². The number of rotatable bonds is 7. The van der Waals surface area contributed by atoms with E-state index in [1.54, 1.807) is 6.92 Å². The van der Waals surface area contributed by atoms with E-state index >= 15 is 0 Å². The van der Waals surface area contributed by atoms with Crippen molar-refractivity contribution >= 4 is 27.7 Å². The molecule has 3 nitrogen and oxygen atoms in total. The highest BCUT2D eigenvalue weighted by Gasteiger charge is 2.47. The Bertz CT molecular complexity index is 374. The third kappa shape index (κ3) is 5.05. The van der Waals surface area contributed by atoms with Gasteiger partial charge in [-0.3, -0.25) is 0 Å². The highest BCUT2D eigenvalue weighted by atomic mass is 31.6. The van der Waals surface area contributed by atoms with Crippen LogP contribution in [0.5, 0.6) is 0 Å². The molecule has 0 saturated carbocycles. The predicted octanol–water partition coefficient (Wildman–Crippen LogP) is 4.53. The van der Waals surface area contributed by atoms with Gasteiger partial charge in [0.2, 0.25) is 0 Å². The molecule has 0 amide bonds. The van der Waals surface area contributed by atoms with Crippen LogP contribution in [0.4, 0.5) is 0 Å². The summed E-state index contributed by atoms with van der Waals surface area (Å²) in [5, 5.41) is 0. The van der Waals surface area contributed by atoms with Gasteiger partial charge < -0.3 is 9.30 Å². The van der Waals surface area contributed by atoms with Gasteiger partial charge in [-0.2, -0.15) is 0 Å². The van der Waals surface area contributed by atoms with Gasteiger partial charge in [-0.1, -0.05) is 45.9 Å². The van der Waals surface area contributed by atoms with E-state index in [1.165, 1.54) is 0 Å². The fourth-order valence-corrected chi connectivity index (χ4v) is 35.3. The van der Waals surface area contributed by atoms with E-state index in [0.717, 1.165) is 6.16 Å². The summed E-state index contributed by atoms with van der Waals surface area (Å²) in [5.41, 5.74) is 0.415. The maximum absolute atomic E-state index is 13.4. The molecule has 19 heavy (non-hydrogen) atoms. The molecule has 0 unspecified atom stereocenters. The number of hydrogen-bond donors (Lipinski definition) is 0. The minimum Gasteiger partial charge on any atom is -0.462 e. The molecule has 0 atom stereocenters. The lowest BCUT2D eigenvalue weighted by atomic mass is 10.4. The summed E-state index contributed by atoms with van der Waals surface area (Å²) >= 11 is 0. The summed E-state index contributed by atoms with van der Waals surface area (Å²) in [6, 6.07) is 0. The van der Waals surface area contributed by atoms with Crippen LogP contribution in [0.15, 0.2) is 12.2 Å². The monoisotopic (exact) mass is 320 g/mol. The Balaban J connectivity index is 4.62. The number of carbonyl (C=O) groups is 1.